The summed E-state index contributed by atoms with van der Waals surface area (Å²) in [5.74, 6) is 0. The predicted octanol–water partition coefficient (Wildman–Crippen LogP) is 3.24. The van der Waals surface area contributed by atoms with E-state index in [2.05, 4.69) is 0 Å². The zero-order chi connectivity index (χ0) is 10.2. The first-order chi connectivity index (χ1) is 6.86. The van der Waals surface area contributed by atoms with Gasteiger partial charge in [0, 0.05) is 0 Å². The third-order valence-electron chi connectivity index (χ3n) is 1.26. The highest BCUT2D eigenvalue weighted by Crippen LogP contribution is 2.04. The highest BCUT2D eigenvalue weighted by atomic mass is 32.1. The van der Waals surface area contributed by atoms with Crippen LogP contribution in [0.15, 0.2) is 35.0 Å². The normalized spacial score (nSPS) is 7.86. The Morgan fingerprint density at radius 1 is 0.857 bits per heavy atom. The average molecular weight is 218 g/mol. The van der Waals surface area contributed by atoms with Crippen LogP contribution in [0, 0.1) is 22.7 Å². The molecule has 0 amide bonds. The minimum absolute atomic E-state index is 0.778. The maximum atomic E-state index is 8.19. The van der Waals surface area contributed by atoms with Gasteiger partial charge in [-0.15, -0.1) is 22.7 Å². The van der Waals surface area contributed by atoms with Gasteiger partial charge in [0.25, 0.3) is 0 Å². The van der Waals surface area contributed by atoms with Gasteiger partial charge in [-0.2, -0.15) is 10.5 Å². The monoisotopic (exact) mass is 218 g/mol. The Morgan fingerprint density at radius 2 is 1.29 bits per heavy atom. The van der Waals surface area contributed by atoms with Gasteiger partial charge in [-0.05, 0) is 22.9 Å². The molecule has 2 heterocycles. The summed E-state index contributed by atoms with van der Waals surface area (Å²) in [5, 5.41) is 20.1. The van der Waals surface area contributed by atoms with E-state index in [4.69, 9.17) is 10.5 Å². The first-order valence-electron chi connectivity index (χ1n) is 3.74. The van der Waals surface area contributed by atoms with Gasteiger partial charge in [0.15, 0.2) is 0 Å². The summed E-state index contributed by atoms with van der Waals surface area (Å²) in [5.41, 5.74) is 0. The molecule has 0 radical (unpaired) electrons. The van der Waals surface area contributed by atoms with Gasteiger partial charge in [0.2, 0.25) is 0 Å². The molecule has 0 fully saturated rings. The zero-order valence-electron chi connectivity index (χ0n) is 7.18. The lowest BCUT2D eigenvalue weighted by atomic mass is 10.5. The third-order valence-corrected chi connectivity index (χ3v) is 2.81. The molecule has 0 spiro atoms. The molecule has 0 aliphatic carbocycles. The van der Waals surface area contributed by atoms with Crippen LogP contribution in [0.1, 0.15) is 9.75 Å². The van der Waals surface area contributed by atoms with Crippen molar-refractivity contribution in [1.82, 2.24) is 0 Å². The molecule has 0 unspecified atom stereocenters. The summed E-state index contributed by atoms with van der Waals surface area (Å²) in [6, 6.07) is 11.4. The van der Waals surface area contributed by atoms with E-state index < -0.39 is 0 Å². The molecule has 0 aliphatic heterocycles. The van der Waals surface area contributed by atoms with E-state index in [1.807, 2.05) is 35.0 Å². The van der Waals surface area contributed by atoms with Gasteiger partial charge >= 0.3 is 0 Å². The van der Waals surface area contributed by atoms with Gasteiger partial charge in [-0.25, -0.2) is 0 Å². The predicted molar refractivity (Wildman–Crippen MR) is 58.1 cm³/mol. The summed E-state index contributed by atoms with van der Waals surface area (Å²) < 4.78 is 0. The van der Waals surface area contributed by atoms with Crippen molar-refractivity contribution in [1.29, 1.82) is 10.5 Å². The Balaban J connectivity index is 0.000000140. The van der Waals surface area contributed by atoms with Gasteiger partial charge in [0.1, 0.15) is 21.9 Å². The van der Waals surface area contributed by atoms with Crippen LogP contribution in [0.25, 0.3) is 0 Å². The molecule has 0 bridgehead atoms. The quantitative estimate of drug-likeness (QED) is 0.681. The van der Waals surface area contributed by atoms with Gasteiger partial charge in [-0.1, -0.05) is 12.1 Å². The molecule has 0 N–H and O–H groups in total. The minimum Gasteiger partial charge on any atom is -0.192 e. The highest BCUT2D eigenvalue weighted by Gasteiger charge is 1.83. The first kappa shape index (κ1) is 10.5. The fraction of sp³-hybridized carbons (Fsp3) is 0. The minimum atomic E-state index is 0.778. The standard InChI is InChI=1S/2C5H3NS/c2*6-4-5-2-1-3-7-5/h2*1-3H. The molecule has 0 atom stereocenters. The number of thiophene rings is 2. The molecule has 2 rings (SSSR count). The van der Waals surface area contributed by atoms with Crippen molar-refractivity contribution in [3.8, 4) is 12.1 Å². The Kier molecular flexibility index (Phi) is 4.43. The lowest BCUT2D eigenvalue weighted by Crippen LogP contribution is -1.50. The van der Waals surface area contributed by atoms with E-state index in [-0.39, 0.29) is 0 Å². The summed E-state index contributed by atoms with van der Waals surface area (Å²) in [7, 11) is 0. The molecule has 0 aromatic carbocycles. The molecule has 2 aromatic rings. The molecule has 4 heteroatoms. The van der Waals surface area contributed by atoms with Crippen molar-refractivity contribution in [3.05, 3.63) is 44.8 Å². The molecule has 2 nitrogen and oxygen atoms in total. The lowest BCUT2D eigenvalue weighted by molar-refractivity contribution is 1.52. The van der Waals surface area contributed by atoms with E-state index in [1.54, 1.807) is 12.1 Å². The van der Waals surface area contributed by atoms with Crippen molar-refractivity contribution in [3.63, 3.8) is 0 Å². The van der Waals surface area contributed by atoms with Crippen molar-refractivity contribution in [2.75, 3.05) is 0 Å². The number of nitriles is 2. The van der Waals surface area contributed by atoms with Crippen LogP contribution in [0.4, 0.5) is 0 Å². The summed E-state index contributed by atoms with van der Waals surface area (Å²) in [4.78, 5) is 1.56. The second-order valence-electron chi connectivity index (χ2n) is 2.18. The third kappa shape index (κ3) is 3.40. The maximum absolute atomic E-state index is 8.19. The average Bonchev–Trinajstić information content (AvgIpc) is 2.92. The molecule has 2 aromatic heterocycles. The van der Waals surface area contributed by atoms with Crippen LogP contribution in [0.2, 0.25) is 0 Å². The van der Waals surface area contributed by atoms with Crippen molar-refractivity contribution in [2.45, 2.75) is 0 Å². The maximum Gasteiger partial charge on any atom is 0.110 e. The number of hydrogen-bond donors (Lipinski definition) is 0. The van der Waals surface area contributed by atoms with Crippen molar-refractivity contribution >= 4 is 22.7 Å². The van der Waals surface area contributed by atoms with Crippen LogP contribution in [-0.4, -0.2) is 0 Å². The molecule has 0 saturated heterocycles. The van der Waals surface area contributed by atoms with E-state index in [1.165, 1.54) is 22.7 Å². The molecule has 0 saturated carbocycles. The van der Waals surface area contributed by atoms with Crippen molar-refractivity contribution in [2.24, 2.45) is 0 Å². The molecular formula is C10H6N2S2. The van der Waals surface area contributed by atoms with E-state index in [9.17, 15) is 0 Å². The molecular weight excluding hydrogens is 212 g/mol. The largest absolute Gasteiger partial charge is 0.192 e. The zero-order valence-corrected chi connectivity index (χ0v) is 8.81. The van der Waals surface area contributed by atoms with Crippen LogP contribution >= 0.6 is 22.7 Å². The topological polar surface area (TPSA) is 47.6 Å². The number of hydrogen-bond acceptors (Lipinski definition) is 4. The smallest absolute Gasteiger partial charge is 0.110 e. The first-order valence-corrected chi connectivity index (χ1v) is 5.50. The van der Waals surface area contributed by atoms with Crippen molar-refractivity contribution < 1.29 is 0 Å². The van der Waals surface area contributed by atoms with Gasteiger partial charge < -0.3 is 0 Å². The second kappa shape index (κ2) is 5.93. The Hall–Kier alpha value is -1.62. The summed E-state index contributed by atoms with van der Waals surface area (Å²) in [6.07, 6.45) is 0. The van der Waals surface area contributed by atoms with Crippen LogP contribution in [-0.2, 0) is 0 Å². The van der Waals surface area contributed by atoms with Crippen LogP contribution < -0.4 is 0 Å². The fourth-order valence-corrected chi connectivity index (χ4v) is 1.71. The van der Waals surface area contributed by atoms with Gasteiger partial charge in [0.05, 0.1) is 0 Å². The van der Waals surface area contributed by atoms with Crippen LogP contribution in [0.3, 0.4) is 0 Å². The summed E-state index contributed by atoms with van der Waals surface area (Å²) in [6.45, 7) is 0. The number of rotatable bonds is 0. The van der Waals surface area contributed by atoms with Gasteiger partial charge in [-0.3, -0.25) is 0 Å². The molecule has 68 valence electrons. The van der Waals surface area contributed by atoms with E-state index in [0.717, 1.165) is 9.75 Å². The lowest BCUT2D eigenvalue weighted by Gasteiger charge is -1.62. The highest BCUT2D eigenvalue weighted by molar-refractivity contribution is 7.10. The molecule has 14 heavy (non-hydrogen) atoms. The molecule has 0 aliphatic rings. The van der Waals surface area contributed by atoms with E-state index >= 15 is 0 Å². The Labute approximate surface area is 90.3 Å². The van der Waals surface area contributed by atoms with Crippen LogP contribution in [0.5, 0.6) is 0 Å². The summed E-state index contributed by atoms with van der Waals surface area (Å²) >= 11 is 2.92. The fourth-order valence-electron chi connectivity index (χ4n) is 0.684. The Morgan fingerprint density at radius 3 is 1.43 bits per heavy atom. The van der Waals surface area contributed by atoms with E-state index in [0.29, 0.717) is 0 Å². The number of nitrogens with zero attached hydrogens (tertiary/aromatic N) is 2. The SMILES string of the molecule is N#Cc1cccs1.N#Cc1cccs1. The Bertz CT molecular complexity index is 385. The second-order valence-corrected chi connectivity index (χ2v) is 4.07.